The molecule has 5 rings (SSSR count). The van der Waals surface area contributed by atoms with Gasteiger partial charge in [-0.15, -0.1) is 0 Å². The first-order chi connectivity index (χ1) is 18.2. The maximum Gasteiger partial charge on any atom is 0.410 e. The summed E-state index contributed by atoms with van der Waals surface area (Å²) in [5.74, 6) is 1.80. The third kappa shape index (κ3) is 5.40. The molecule has 10 heteroatoms. The molecule has 2 aromatic heterocycles. The summed E-state index contributed by atoms with van der Waals surface area (Å²) >= 11 is 0. The predicted octanol–water partition coefficient (Wildman–Crippen LogP) is 5.06. The zero-order valence-electron chi connectivity index (χ0n) is 22.0. The van der Waals surface area contributed by atoms with Crippen LogP contribution in [0, 0.1) is 0 Å². The lowest BCUT2D eigenvalue weighted by molar-refractivity contribution is -0.0184. The molecule has 1 aliphatic rings. The lowest BCUT2D eigenvalue weighted by Gasteiger charge is -2.37. The normalized spacial score (nSPS) is 17.9. The van der Waals surface area contributed by atoms with Crippen molar-refractivity contribution < 1.29 is 19.0 Å². The van der Waals surface area contributed by atoms with Gasteiger partial charge in [-0.05, 0) is 63.6 Å². The van der Waals surface area contributed by atoms with Crippen LogP contribution in [0.3, 0.4) is 0 Å². The van der Waals surface area contributed by atoms with Crippen molar-refractivity contribution in [2.75, 3.05) is 25.9 Å². The van der Waals surface area contributed by atoms with Crippen LogP contribution in [-0.2, 0) is 9.47 Å². The van der Waals surface area contributed by atoms with Crippen LogP contribution < -0.4 is 10.5 Å². The van der Waals surface area contributed by atoms with Crippen molar-refractivity contribution in [1.82, 2.24) is 24.6 Å². The van der Waals surface area contributed by atoms with Gasteiger partial charge in [0.15, 0.2) is 5.65 Å². The number of fused-ring (bicyclic) bond motifs is 1. The average molecular weight is 517 g/mol. The van der Waals surface area contributed by atoms with Crippen molar-refractivity contribution in [2.24, 2.45) is 0 Å². The number of hydrogen-bond acceptors (Lipinski definition) is 8. The van der Waals surface area contributed by atoms with Crippen molar-refractivity contribution in [3.63, 3.8) is 0 Å². The van der Waals surface area contributed by atoms with E-state index in [1.54, 1.807) is 12.0 Å². The van der Waals surface area contributed by atoms with Crippen LogP contribution in [0.25, 0.3) is 22.3 Å². The number of para-hydroxylation sites is 1. The first-order valence-corrected chi connectivity index (χ1v) is 12.5. The fourth-order valence-corrected chi connectivity index (χ4v) is 4.61. The molecule has 4 aromatic rings. The van der Waals surface area contributed by atoms with Crippen LogP contribution in [0.15, 0.2) is 60.9 Å². The van der Waals surface area contributed by atoms with Crippen molar-refractivity contribution in [1.29, 1.82) is 0 Å². The number of nitrogens with two attached hydrogens (primary N) is 1. The Labute approximate surface area is 221 Å². The van der Waals surface area contributed by atoms with E-state index in [1.165, 1.54) is 6.33 Å². The molecule has 2 aromatic carbocycles. The summed E-state index contributed by atoms with van der Waals surface area (Å²) in [5, 5.41) is 5.61. The Hall–Kier alpha value is -4.18. The smallest absolute Gasteiger partial charge is 0.410 e. The van der Waals surface area contributed by atoms with Crippen LogP contribution in [0.4, 0.5) is 10.6 Å². The molecule has 0 bridgehead atoms. The Kier molecular flexibility index (Phi) is 6.90. The first kappa shape index (κ1) is 25.5. The van der Waals surface area contributed by atoms with Crippen LogP contribution in [0.5, 0.6) is 11.5 Å². The summed E-state index contributed by atoms with van der Waals surface area (Å²) in [6.07, 6.45) is 1.51. The Morgan fingerprint density at radius 3 is 2.39 bits per heavy atom. The molecule has 0 aliphatic carbocycles. The molecule has 2 N–H and O–H groups in total. The van der Waals surface area contributed by atoms with Crippen molar-refractivity contribution in [3.8, 4) is 22.8 Å². The third-order valence-corrected chi connectivity index (χ3v) is 6.35. The number of rotatable bonds is 5. The summed E-state index contributed by atoms with van der Waals surface area (Å²) < 4.78 is 19.1. The van der Waals surface area contributed by atoms with E-state index in [0.29, 0.717) is 47.8 Å². The third-order valence-electron chi connectivity index (χ3n) is 6.35. The maximum atomic E-state index is 12.9. The second kappa shape index (κ2) is 10.3. The van der Waals surface area contributed by atoms with Crippen LogP contribution in [0.1, 0.15) is 33.2 Å². The van der Waals surface area contributed by atoms with Crippen LogP contribution in [-0.4, -0.2) is 62.6 Å². The highest BCUT2D eigenvalue weighted by Crippen LogP contribution is 2.35. The molecule has 10 nitrogen and oxygen atoms in total. The van der Waals surface area contributed by atoms with Crippen molar-refractivity contribution in [3.05, 3.63) is 60.9 Å². The number of nitrogen functional groups attached to an aromatic ring is 1. The molecule has 1 fully saturated rings. The minimum Gasteiger partial charge on any atom is -0.457 e. The number of carbonyl (C=O) groups excluding carboxylic acids is 1. The van der Waals surface area contributed by atoms with Gasteiger partial charge >= 0.3 is 6.09 Å². The van der Waals surface area contributed by atoms with E-state index in [9.17, 15) is 4.79 Å². The summed E-state index contributed by atoms with van der Waals surface area (Å²) in [5.41, 5.74) is 7.83. The molecule has 1 amide bonds. The highest BCUT2D eigenvalue weighted by molar-refractivity contribution is 5.98. The van der Waals surface area contributed by atoms with E-state index >= 15 is 0 Å². The Morgan fingerprint density at radius 1 is 1.00 bits per heavy atom. The van der Waals surface area contributed by atoms with E-state index in [1.807, 2.05) is 80.1 Å². The topological polar surface area (TPSA) is 118 Å². The zero-order valence-corrected chi connectivity index (χ0v) is 22.0. The number of methoxy groups -OCH3 is 1. The van der Waals surface area contributed by atoms with Crippen LogP contribution in [0.2, 0.25) is 0 Å². The van der Waals surface area contributed by atoms with Crippen LogP contribution >= 0.6 is 0 Å². The Bertz CT molecular complexity index is 1420. The molecule has 0 unspecified atom stereocenters. The highest BCUT2D eigenvalue weighted by atomic mass is 16.6. The Morgan fingerprint density at radius 2 is 1.71 bits per heavy atom. The molecular weight excluding hydrogens is 484 g/mol. The number of nitrogens with zero attached hydrogens (tertiary/aromatic N) is 5. The molecular formula is C28H32N6O4. The molecule has 0 radical (unpaired) electrons. The summed E-state index contributed by atoms with van der Waals surface area (Å²) in [6.45, 7) is 6.39. The van der Waals surface area contributed by atoms with Gasteiger partial charge in [-0.3, -0.25) is 0 Å². The number of piperidine rings is 1. The van der Waals surface area contributed by atoms with Gasteiger partial charge in [0.25, 0.3) is 0 Å². The molecule has 1 aliphatic heterocycles. The number of hydrogen-bond donors (Lipinski definition) is 1. The summed E-state index contributed by atoms with van der Waals surface area (Å²) in [7, 11) is 1.65. The van der Waals surface area contributed by atoms with Gasteiger partial charge in [-0.2, -0.15) is 5.10 Å². The molecule has 0 spiro atoms. The minimum atomic E-state index is -0.601. The van der Waals surface area contributed by atoms with Crippen molar-refractivity contribution >= 4 is 22.9 Å². The van der Waals surface area contributed by atoms with Crippen molar-refractivity contribution in [2.45, 2.75) is 44.9 Å². The molecule has 0 saturated carbocycles. The van der Waals surface area contributed by atoms with E-state index in [-0.39, 0.29) is 18.2 Å². The standard InChI is InChI=1S/C28H32N6O4/c1-28(2,3)38-27(35)33-15-19(14-22(16-33)36-4)34-26-23(25(29)30-17-31-26)24(32-34)18-10-12-21(13-11-18)37-20-8-6-5-7-9-20/h5-13,17,19,22H,14-16H2,1-4H3,(H2,29,30,31)/t19-,22-/m1/s1. The lowest BCUT2D eigenvalue weighted by atomic mass is 10.0. The fraction of sp³-hybridized carbons (Fsp3) is 0.357. The van der Waals surface area contributed by atoms with Gasteiger partial charge in [0.05, 0.1) is 24.1 Å². The predicted molar refractivity (Wildman–Crippen MR) is 144 cm³/mol. The number of benzene rings is 2. The molecule has 38 heavy (non-hydrogen) atoms. The number of aromatic nitrogens is 4. The maximum absolute atomic E-state index is 12.9. The van der Waals surface area contributed by atoms with E-state index in [2.05, 4.69) is 9.97 Å². The number of carbonyl (C=O) groups is 1. The number of ether oxygens (including phenoxy) is 3. The van der Waals surface area contributed by atoms with E-state index < -0.39 is 5.60 Å². The second-order valence-corrected chi connectivity index (χ2v) is 10.3. The summed E-state index contributed by atoms with van der Waals surface area (Å²) in [6, 6.07) is 17.0. The van der Waals surface area contributed by atoms with Gasteiger partial charge < -0.3 is 24.8 Å². The monoisotopic (exact) mass is 516 g/mol. The van der Waals surface area contributed by atoms with Gasteiger partial charge in [0, 0.05) is 19.2 Å². The van der Waals surface area contributed by atoms with Gasteiger partial charge in [0.1, 0.15) is 34.9 Å². The SMILES string of the molecule is CO[C@@H]1C[C@@H](n2nc(-c3ccc(Oc4ccccc4)cc3)c3c(N)ncnc32)CN(C(=O)OC(C)(C)C)C1. The number of amides is 1. The van der Waals surface area contributed by atoms with E-state index in [4.69, 9.17) is 25.0 Å². The highest BCUT2D eigenvalue weighted by Gasteiger charge is 2.35. The van der Waals surface area contributed by atoms with Gasteiger partial charge in [0.2, 0.25) is 0 Å². The number of likely N-dealkylation sites (tertiary alicyclic amines) is 1. The average Bonchev–Trinajstić information content (AvgIpc) is 3.29. The quantitative estimate of drug-likeness (QED) is 0.391. The first-order valence-electron chi connectivity index (χ1n) is 12.5. The van der Waals surface area contributed by atoms with Gasteiger partial charge in [-0.25, -0.2) is 19.4 Å². The largest absolute Gasteiger partial charge is 0.457 e. The van der Waals surface area contributed by atoms with Gasteiger partial charge in [-0.1, -0.05) is 18.2 Å². The zero-order chi connectivity index (χ0) is 26.9. The fourth-order valence-electron chi connectivity index (χ4n) is 4.61. The second-order valence-electron chi connectivity index (χ2n) is 10.3. The molecule has 2 atom stereocenters. The molecule has 198 valence electrons. The van der Waals surface area contributed by atoms with E-state index in [0.717, 1.165) is 11.3 Å². The molecule has 1 saturated heterocycles. The summed E-state index contributed by atoms with van der Waals surface area (Å²) in [4.78, 5) is 23.3. The Balaban J connectivity index is 1.48. The minimum absolute atomic E-state index is 0.183. The lowest BCUT2D eigenvalue weighted by Crippen LogP contribution is -2.49. The number of anilines is 1. The molecule has 3 heterocycles.